The first-order valence-electron chi connectivity index (χ1n) is 12.1. The van der Waals surface area contributed by atoms with Gasteiger partial charge in [0.15, 0.2) is 11.6 Å². The summed E-state index contributed by atoms with van der Waals surface area (Å²) in [5.41, 5.74) is 4.95. The van der Waals surface area contributed by atoms with Gasteiger partial charge in [0.25, 0.3) is 5.56 Å². The van der Waals surface area contributed by atoms with Gasteiger partial charge in [0.1, 0.15) is 0 Å². The first-order chi connectivity index (χ1) is 16.9. The van der Waals surface area contributed by atoms with Gasteiger partial charge < -0.3 is 9.88 Å². The van der Waals surface area contributed by atoms with E-state index in [9.17, 15) is 14.4 Å². The molecule has 0 unspecified atom stereocenters. The lowest BCUT2D eigenvalue weighted by atomic mass is 9.80. The van der Waals surface area contributed by atoms with Crippen LogP contribution in [0.2, 0.25) is 0 Å². The van der Waals surface area contributed by atoms with E-state index in [1.165, 1.54) is 11.5 Å². The Hall–Kier alpha value is -3.99. The van der Waals surface area contributed by atoms with E-state index in [1.807, 2.05) is 83.1 Å². The van der Waals surface area contributed by atoms with Crippen molar-refractivity contribution in [3.8, 4) is 11.1 Å². The standard InChI is InChI=1S/C26H20N2O3.2C2H6/c1-14-13-19(27-16-9-5-4-6-10-16)22-23-21(17-11-7-8-12-18(17)25(22)30)20(15(2)29)26(31)28(3)24(14)23;2*1-2/h4-13,27H,1-3H3;2*1-2H3. The van der Waals surface area contributed by atoms with Gasteiger partial charge in [0, 0.05) is 29.2 Å². The molecule has 1 aliphatic carbocycles. The number of aryl methyl sites for hydroxylation is 2. The lowest BCUT2D eigenvalue weighted by molar-refractivity contribution is 0.101. The SMILES string of the molecule is CC.CC.CC(=O)c1c2c3c(c(Nc4ccccc4)cc(C)c3n(C)c1=O)C(=O)c1ccccc1-2. The molecule has 0 amide bonds. The molecule has 0 aliphatic heterocycles. The molecule has 0 saturated heterocycles. The number of hydrogen-bond donors (Lipinski definition) is 1. The number of Topliss-reactive ketones (excluding diaryl/α,β-unsaturated/α-hetero) is 1. The van der Waals surface area contributed by atoms with E-state index in [4.69, 9.17) is 0 Å². The fourth-order valence-corrected chi connectivity index (χ4v) is 4.63. The summed E-state index contributed by atoms with van der Waals surface area (Å²) in [4.78, 5) is 39.5. The third kappa shape index (κ3) is 4.18. The molecule has 0 saturated carbocycles. The highest BCUT2D eigenvalue weighted by Gasteiger charge is 2.33. The van der Waals surface area contributed by atoms with Gasteiger partial charge in [-0.05, 0) is 43.2 Å². The Kier molecular flexibility index (Phi) is 7.70. The third-order valence-corrected chi connectivity index (χ3v) is 5.92. The van der Waals surface area contributed by atoms with Crippen LogP contribution in [0.4, 0.5) is 11.4 Å². The van der Waals surface area contributed by atoms with E-state index >= 15 is 0 Å². The number of pyridine rings is 1. The molecular weight excluding hydrogens is 436 g/mol. The Bertz CT molecular complexity index is 1480. The van der Waals surface area contributed by atoms with Gasteiger partial charge in [-0.15, -0.1) is 0 Å². The van der Waals surface area contributed by atoms with Gasteiger partial charge in [0.2, 0.25) is 0 Å². The topological polar surface area (TPSA) is 68.2 Å². The largest absolute Gasteiger partial charge is 0.355 e. The lowest BCUT2D eigenvalue weighted by Gasteiger charge is -2.26. The first kappa shape index (κ1) is 25.6. The van der Waals surface area contributed by atoms with Crippen LogP contribution in [-0.4, -0.2) is 16.1 Å². The van der Waals surface area contributed by atoms with Crippen LogP contribution in [0, 0.1) is 6.92 Å². The zero-order chi connectivity index (χ0) is 25.9. The van der Waals surface area contributed by atoms with E-state index < -0.39 is 0 Å². The highest BCUT2D eigenvalue weighted by Crippen LogP contribution is 2.44. The molecule has 35 heavy (non-hydrogen) atoms. The highest BCUT2D eigenvalue weighted by molar-refractivity contribution is 6.30. The fourth-order valence-electron chi connectivity index (χ4n) is 4.63. The lowest BCUT2D eigenvalue weighted by Crippen LogP contribution is -2.28. The molecule has 3 aromatic carbocycles. The van der Waals surface area contributed by atoms with Crippen molar-refractivity contribution in [3.05, 3.63) is 93.3 Å². The van der Waals surface area contributed by atoms with E-state index in [1.54, 1.807) is 19.2 Å². The van der Waals surface area contributed by atoms with Crippen LogP contribution in [0.25, 0.3) is 22.0 Å². The first-order valence-corrected chi connectivity index (χ1v) is 12.1. The minimum Gasteiger partial charge on any atom is -0.355 e. The number of benzene rings is 3. The summed E-state index contributed by atoms with van der Waals surface area (Å²) in [6.07, 6.45) is 0. The molecule has 1 aromatic heterocycles. The number of aromatic nitrogens is 1. The molecule has 5 nitrogen and oxygen atoms in total. The number of rotatable bonds is 3. The van der Waals surface area contributed by atoms with Gasteiger partial charge in [-0.1, -0.05) is 70.2 Å². The maximum Gasteiger partial charge on any atom is 0.262 e. The van der Waals surface area contributed by atoms with E-state index in [0.717, 1.165) is 11.3 Å². The fraction of sp³-hybridized carbons (Fsp3) is 0.233. The molecule has 180 valence electrons. The number of para-hydroxylation sites is 1. The maximum absolute atomic E-state index is 13.7. The second-order valence-electron chi connectivity index (χ2n) is 7.88. The quantitative estimate of drug-likeness (QED) is 0.288. The van der Waals surface area contributed by atoms with Gasteiger partial charge in [-0.25, -0.2) is 0 Å². The van der Waals surface area contributed by atoms with Gasteiger partial charge in [-0.3, -0.25) is 14.4 Å². The van der Waals surface area contributed by atoms with Gasteiger partial charge >= 0.3 is 0 Å². The normalized spacial score (nSPS) is 11.0. The van der Waals surface area contributed by atoms with Crippen LogP contribution in [0.3, 0.4) is 0 Å². The number of anilines is 2. The number of carbonyl (C=O) groups is 2. The average Bonchev–Trinajstić information content (AvgIpc) is 2.88. The molecule has 1 N–H and O–H groups in total. The minimum atomic E-state index is -0.350. The minimum absolute atomic E-state index is 0.118. The van der Waals surface area contributed by atoms with Crippen LogP contribution < -0.4 is 10.9 Å². The number of hydrogen-bond acceptors (Lipinski definition) is 4. The Balaban J connectivity index is 0.000000815. The van der Waals surface area contributed by atoms with Crippen molar-refractivity contribution in [2.24, 2.45) is 7.05 Å². The van der Waals surface area contributed by atoms with E-state index in [0.29, 0.717) is 38.8 Å². The van der Waals surface area contributed by atoms with Crippen molar-refractivity contribution in [1.29, 1.82) is 0 Å². The van der Waals surface area contributed by atoms with Crippen molar-refractivity contribution < 1.29 is 9.59 Å². The van der Waals surface area contributed by atoms with Gasteiger partial charge in [-0.2, -0.15) is 0 Å². The Morgan fingerprint density at radius 1 is 0.829 bits per heavy atom. The van der Waals surface area contributed by atoms with Crippen LogP contribution in [0.5, 0.6) is 0 Å². The zero-order valence-corrected chi connectivity index (χ0v) is 21.4. The van der Waals surface area contributed by atoms with Crippen molar-refractivity contribution in [2.75, 3.05) is 5.32 Å². The molecule has 5 rings (SSSR count). The van der Waals surface area contributed by atoms with E-state index in [-0.39, 0.29) is 22.7 Å². The second kappa shape index (κ2) is 10.5. The summed E-state index contributed by atoms with van der Waals surface area (Å²) >= 11 is 0. The maximum atomic E-state index is 13.7. The number of carbonyl (C=O) groups excluding carboxylic acids is 2. The van der Waals surface area contributed by atoms with Crippen LogP contribution in [0.1, 0.15) is 66.5 Å². The predicted molar refractivity (Wildman–Crippen MR) is 145 cm³/mol. The van der Waals surface area contributed by atoms with Crippen molar-refractivity contribution in [1.82, 2.24) is 4.57 Å². The monoisotopic (exact) mass is 468 g/mol. The molecule has 0 radical (unpaired) electrons. The second-order valence-corrected chi connectivity index (χ2v) is 7.88. The molecule has 4 aromatic rings. The number of ketones is 2. The highest BCUT2D eigenvalue weighted by atomic mass is 16.1. The number of nitrogens with zero attached hydrogens (tertiary/aromatic N) is 1. The van der Waals surface area contributed by atoms with Crippen molar-refractivity contribution >= 4 is 33.8 Å². The molecule has 5 heteroatoms. The summed E-state index contributed by atoms with van der Waals surface area (Å²) in [5, 5.41) is 4.02. The molecular formula is C30H32N2O3. The Labute approximate surface area is 206 Å². The average molecular weight is 469 g/mol. The van der Waals surface area contributed by atoms with Gasteiger partial charge in [0.05, 0.1) is 22.3 Å². The van der Waals surface area contributed by atoms with E-state index in [2.05, 4.69) is 5.32 Å². The smallest absolute Gasteiger partial charge is 0.262 e. The summed E-state index contributed by atoms with van der Waals surface area (Å²) in [6, 6.07) is 18.7. The number of fused-ring (bicyclic) bond motifs is 2. The zero-order valence-electron chi connectivity index (χ0n) is 21.4. The molecule has 0 atom stereocenters. The van der Waals surface area contributed by atoms with Crippen molar-refractivity contribution in [2.45, 2.75) is 41.5 Å². The summed E-state index contributed by atoms with van der Waals surface area (Å²) < 4.78 is 1.49. The summed E-state index contributed by atoms with van der Waals surface area (Å²) in [5.74, 6) is -0.439. The van der Waals surface area contributed by atoms with Crippen LogP contribution in [0.15, 0.2) is 65.5 Å². The summed E-state index contributed by atoms with van der Waals surface area (Å²) in [6.45, 7) is 11.3. The Morgan fingerprint density at radius 2 is 1.40 bits per heavy atom. The Morgan fingerprint density at radius 3 is 2.00 bits per heavy atom. The third-order valence-electron chi connectivity index (χ3n) is 5.92. The molecule has 1 heterocycles. The number of nitrogens with one attached hydrogen (secondary N) is 1. The van der Waals surface area contributed by atoms with Crippen molar-refractivity contribution in [3.63, 3.8) is 0 Å². The van der Waals surface area contributed by atoms with Crippen LogP contribution in [-0.2, 0) is 7.05 Å². The molecule has 0 spiro atoms. The van der Waals surface area contributed by atoms with Crippen LogP contribution >= 0.6 is 0 Å². The molecule has 1 aliphatic rings. The molecule has 0 fully saturated rings. The summed E-state index contributed by atoms with van der Waals surface area (Å²) in [7, 11) is 1.65. The predicted octanol–water partition coefficient (Wildman–Crippen LogP) is 7.06. The molecule has 0 bridgehead atoms.